The van der Waals surface area contributed by atoms with Gasteiger partial charge in [-0.1, -0.05) is 30.3 Å². The molecular weight excluding hydrogens is 376 g/mol. The van der Waals surface area contributed by atoms with Crippen LogP contribution in [0.5, 0.6) is 0 Å². The first-order chi connectivity index (χ1) is 13.3. The van der Waals surface area contributed by atoms with Gasteiger partial charge in [0, 0.05) is 36.5 Å². The average Bonchev–Trinajstić information content (AvgIpc) is 3.02. The van der Waals surface area contributed by atoms with Crippen LogP contribution in [0.4, 0.5) is 0 Å². The third-order valence-corrected chi connectivity index (χ3v) is 6.58. The summed E-state index contributed by atoms with van der Waals surface area (Å²) in [5.41, 5.74) is 1.81. The number of nitrogens with one attached hydrogen (secondary N) is 1. The molecule has 7 heteroatoms. The molecule has 0 atom stereocenters. The van der Waals surface area contributed by atoms with Crippen LogP contribution in [0.25, 0.3) is 6.08 Å². The minimum Gasteiger partial charge on any atom is -0.466 e. The summed E-state index contributed by atoms with van der Waals surface area (Å²) in [5.74, 6) is 1.43. The lowest BCUT2D eigenvalue weighted by Gasteiger charge is -2.29. The molecule has 1 aromatic carbocycles. The van der Waals surface area contributed by atoms with Crippen molar-refractivity contribution in [1.82, 2.24) is 9.62 Å². The van der Waals surface area contributed by atoms with Crippen molar-refractivity contribution in [2.45, 2.75) is 33.2 Å². The average molecular weight is 403 g/mol. The number of hydrogen-bond donors (Lipinski definition) is 1. The molecule has 6 nitrogen and oxygen atoms in total. The minimum atomic E-state index is -3.48. The quantitative estimate of drug-likeness (QED) is 0.805. The molecule has 28 heavy (non-hydrogen) atoms. The summed E-state index contributed by atoms with van der Waals surface area (Å²) in [7, 11) is -3.48. The van der Waals surface area contributed by atoms with Crippen LogP contribution in [0.2, 0.25) is 0 Å². The molecule has 1 fully saturated rings. The molecule has 0 aliphatic carbocycles. The number of nitrogens with zero attached hydrogens (tertiary/aromatic N) is 1. The monoisotopic (exact) mass is 402 g/mol. The molecule has 1 aliphatic rings. The van der Waals surface area contributed by atoms with Gasteiger partial charge in [-0.15, -0.1) is 0 Å². The Labute approximate surface area is 166 Å². The molecule has 1 N–H and O–H groups in total. The normalized spacial score (nSPS) is 16.5. The number of benzene rings is 1. The fourth-order valence-electron chi connectivity index (χ4n) is 3.37. The smallest absolute Gasteiger partial charge is 0.236 e. The molecular formula is C21H26N2O4S. The van der Waals surface area contributed by atoms with Crippen molar-refractivity contribution in [3.05, 3.63) is 64.5 Å². The zero-order valence-electron chi connectivity index (χ0n) is 16.2. The fraction of sp³-hybridized carbons (Fsp3) is 0.381. The van der Waals surface area contributed by atoms with Gasteiger partial charge < -0.3 is 9.73 Å². The second-order valence-corrected chi connectivity index (χ2v) is 8.91. The van der Waals surface area contributed by atoms with Crippen molar-refractivity contribution in [1.29, 1.82) is 0 Å². The molecule has 0 unspecified atom stereocenters. The maximum Gasteiger partial charge on any atom is 0.236 e. The van der Waals surface area contributed by atoms with Crippen molar-refractivity contribution in [2.24, 2.45) is 5.92 Å². The Hall–Kier alpha value is -2.38. The number of amides is 1. The molecule has 0 saturated carbocycles. The van der Waals surface area contributed by atoms with Crippen molar-refractivity contribution >= 4 is 22.0 Å². The number of rotatable bonds is 6. The van der Waals surface area contributed by atoms with E-state index in [4.69, 9.17) is 4.42 Å². The third-order valence-electron chi connectivity index (χ3n) is 5.01. The Kier molecular flexibility index (Phi) is 6.36. The lowest BCUT2D eigenvalue weighted by Crippen LogP contribution is -2.42. The zero-order chi connectivity index (χ0) is 20.1. The van der Waals surface area contributed by atoms with E-state index in [-0.39, 0.29) is 11.8 Å². The van der Waals surface area contributed by atoms with E-state index in [1.54, 1.807) is 6.08 Å². The van der Waals surface area contributed by atoms with E-state index in [1.807, 2.05) is 50.2 Å². The first-order valence-corrected chi connectivity index (χ1v) is 10.9. The Bertz CT molecular complexity index is 940. The van der Waals surface area contributed by atoms with E-state index in [9.17, 15) is 13.2 Å². The van der Waals surface area contributed by atoms with Crippen LogP contribution in [0.3, 0.4) is 0 Å². The van der Waals surface area contributed by atoms with Gasteiger partial charge in [-0.2, -0.15) is 4.31 Å². The number of sulfonamides is 1. The largest absolute Gasteiger partial charge is 0.466 e. The minimum absolute atomic E-state index is 0.0323. The SMILES string of the molecule is Cc1cc(CNC(=O)C2CCN(S(=O)(=O)/C=C/c3ccccc3)CC2)c(C)o1. The maximum absolute atomic E-state index is 12.5. The fourth-order valence-corrected chi connectivity index (χ4v) is 4.59. The highest BCUT2D eigenvalue weighted by molar-refractivity contribution is 7.92. The van der Waals surface area contributed by atoms with Gasteiger partial charge in [0.15, 0.2) is 0 Å². The van der Waals surface area contributed by atoms with Gasteiger partial charge in [0.2, 0.25) is 15.9 Å². The molecule has 0 radical (unpaired) electrons. The number of piperidine rings is 1. The number of hydrogen-bond acceptors (Lipinski definition) is 4. The molecule has 3 rings (SSSR count). The Morgan fingerprint density at radius 2 is 1.89 bits per heavy atom. The molecule has 1 aliphatic heterocycles. The first-order valence-electron chi connectivity index (χ1n) is 9.42. The van der Waals surface area contributed by atoms with Gasteiger partial charge in [0.1, 0.15) is 11.5 Å². The topological polar surface area (TPSA) is 79.6 Å². The van der Waals surface area contributed by atoms with Gasteiger partial charge in [0.05, 0.1) is 0 Å². The molecule has 150 valence electrons. The molecule has 0 spiro atoms. The molecule has 0 bridgehead atoms. The second kappa shape index (κ2) is 8.75. The van der Waals surface area contributed by atoms with Crippen LogP contribution < -0.4 is 5.32 Å². The van der Waals surface area contributed by atoms with Crippen molar-refractivity contribution in [3.8, 4) is 0 Å². The Morgan fingerprint density at radius 3 is 2.50 bits per heavy atom. The van der Waals surface area contributed by atoms with E-state index in [0.717, 1.165) is 22.6 Å². The lowest BCUT2D eigenvalue weighted by atomic mass is 9.97. The van der Waals surface area contributed by atoms with E-state index in [2.05, 4.69) is 5.32 Å². The van der Waals surface area contributed by atoms with Gasteiger partial charge in [-0.3, -0.25) is 4.79 Å². The van der Waals surface area contributed by atoms with E-state index < -0.39 is 10.0 Å². The third kappa shape index (κ3) is 5.11. The lowest BCUT2D eigenvalue weighted by molar-refractivity contribution is -0.126. The van der Waals surface area contributed by atoms with Crippen LogP contribution in [-0.2, 0) is 21.4 Å². The second-order valence-electron chi connectivity index (χ2n) is 7.09. The van der Waals surface area contributed by atoms with E-state index in [0.29, 0.717) is 32.5 Å². The van der Waals surface area contributed by atoms with Crippen LogP contribution >= 0.6 is 0 Å². The summed E-state index contributed by atoms with van der Waals surface area (Å²) in [6.45, 7) is 4.88. The van der Waals surface area contributed by atoms with E-state index >= 15 is 0 Å². The highest BCUT2D eigenvalue weighted by Crippen LogP contribution is 2.21. The van der Waals surface area contributed by atoms with Crippen LogP contribution in [0, 0.1) is 19.8 Å². The number of furan rings is 1. The van der Waals surface area contributed by atoms with Crippen molar-refractivity contribution in [3.63, 3.8) is 0 Å². The summed E-state index contributed by atoms with van der Waals surface area (Å²) < 4.78 is 31.9. The Morgan fingerprint density at radius 1 is 1.21 bits per heavy atom. The predicted octanol–water partition coefficient (Wildman–Crippen LogP) is 3.23. The molecule has 2 heterocycles. The highest BCUT2D eigenvalue weighted by atomic mass is 32.2. The molecule has 1 saturated heterocycles. The van der Waals surface area contributed by atoms with Gasteiger partial charge in [-0.05, 0) is 44.4 Å². The van der Waals surface area contributed by atoms with Gasteiger partial charge in [-0.25, -0.2) is 8.42 Å². The summed E-state index contributed by atoms with van der Waals surface area (Å²) in [6.07, 6.45) is 2.64. The van der Waals surface area contributed by atoms with Crippen LogP contribution in [-0.4, -0.2) is 31.7 Å². The number of carbonyl (C=O) groups excluding carboxylic acids is 1. The summed E-state index contributed by atoms with van der Waals surface area (Å²) in [5, 5.41) is 4.18. The number of aryl methyl sites for hydroxylation is 2. The van der Waals surface area contributed by atoms with Gasteiger partial charge in [0.25, 0.3) is 0 Å². The van der Waals surface area contributed by atoms with Crippen molar-refractivity contribution in [2.75, 3.05) is 13.1 Å². The molecule has 1 amide bonds. The molecule has 1 aromatic heterocycles. The first kappa shape index (κ1) is 20.4. The van der Waals surface area contributed by atoms with Crippen LogP contribution in [0.15, 0.2) is 46.2 Å². The zero-order valence-corrected chi connectivity index (χ0v) is 17.0. The van der Waals surface area contributed by atoms with Crippen LogP contribution in [0.1, 0.15) is 35.5 Å². The summed E-state index contributed by atoms with van der Waals surface area (Å²) in [6, 6.07) is 11.2. The van der Waals surface area contributed by atoms with Gasteiger partial charge >= 0.3 is 0 Å². The standard InChI is InChI=1S/C21H26N2O4S/c1-16-14-20(17(2)27-16)15-22-21(24)19-8-11-23(12-9-19)28(25,26)13-10-18-6-4-3-5-7-18/h3-7,10,13-14,19H,8-9,11-12,15H2,1-2H3,(H,22,24)/b13-10+. The predicted molar refractivity (Wildman–Crippen MR) is 109 cm³/mol. The summed E-state index contributed by atoms with van der Waals surface area (Å²) >= 11 is 0. The Balaban J connectivity index is 1.51. The highest BCUT2D eigenvalue weighted by Gasteiger charge is 2.29. The van der Waals surface area contributed by atoms with Crippen molar-refractivity contribution < 1.29 is 17.6 Å². The molecule has 2 aromatic rings. The maximum atomic E-state index is 12.5. The van der Waals surface area contributed by atoms with E-state index in [1.165, 1.54) is 9.71 Å². The summed E-state index contributed by atoms with van der Waals surface area (Å²) in [4.78, 5) is 12.4. The number of carbonyl (C=O) groups is 1.